The van der Waals surface area contributed by atoms with Crippen molar-refractivity contribution < 1.29 is 4.79 Å². The van der Waals surface area contributed by atoms with E-state index in [1.807, 2.05) is 0 Å². The van der Waals surface area contributed by atoms with Crippen LogP contribution in [0.4, 0.5) is 0 Å². The molecule has 1 aliphatic carbocycles. The number of rotatable bonds is 2. The fraction of sp³-hybridized carbons (Fsp3) is 0.471. The minimum Gasteiger partial charge on any atom is -0.300 e. The van der Waals surface area contributed by atoms with E-state index < -0.39 is 0 Å². The molecule has 1 aliphatic heterocycles. The van der Waals surface area contributed by atoms with Gasteiger partial charge in [0.15, 0.2) is 0 Å². The molecule has 0 aromatic heterocycles. The maximum Gasteiger partial charge on any atom is 0.134 e. The summed E-state index contributed by atoms with van der Waals surface area (Å²) in [6.07, 6.45) is 7.30. The summed E-state index contributed by atoms with van der Waals surface area (Å²) in [5, 5.41) is 0. The van der Waals surface area contributed by atoms with Crippen molar-refractivity contribution in [2.75, 3.05) is 13.1 Å². The molecule has 3 rings (SSSR count). The number of ketones is 1. The van der Waals surface area contributed by atoms with Gasteiger partial charge in [0.05, 0.1) is 0 Å². The molecule has 0 radical (unpaired) electrons. The van der Waals surface area contributed by atoms with Crippen molar-refractivity contribution in [2.24, 2.45) is 0 Å². The molecular weight excluding hydrogens is 234 g/mol. The van der Waals surface area contributed by atoms with Crippen LogP contribution >= 0.6 is 0 Å². The van der Waals surface area contributed by atoms with E-state index in [4.69, 9.17) is 0 Å². The number of hydrogen-bond donors (Lipinski definition) is 0. The highest BCUT2D eigenvalue weighted by molar-refractivity contribution is 5.79. The Morgan fingerprint density at radius 2 is 1.95 bits per heavy atom. The maximum atomic E-state index is 11.6. The van der Waals surface area contributed by atoms with Crippen LogP contribution in [0, 0.1) is 0 Å². The third-order valence-corrected chi connectivity index (χ3v) is 4.36. The lowest BCUT2D eigenvalue weighted by Gasteiger charge is -2.35. The van der Waals surface area contributed by atoms with Crippen LogP contribution in [0.25, 0.3) is 5.57 Å². The molecule has 0 unspecified atom stereocenters. The minimum absolute atomic E-state index is 0.453. The van der Waals surface area contributed by atoms with Gasteiger partial charge in [-0.05, 0) is 30.4 Å². The zero-order chi connectivity index (χ0) is 13.1. The monoisotopic (exact) mass is 255 g/mol. The first-order valence-electron chi connectivity index (χ1n) is 7.33. The average molecular weight is 255 g/mol. The van der Waals surface area contributed by atoms with Gasteiger partial charge in [0.2, 0.25) is 0 Å². The molecule has 1 fully saturated rings. The maximum absolute atomic E-state index is 11.6. The van der Waals surface area contributed by atoms with E-state index in [0.717, 1.165) is 38.8 Å². The number of carbonyl (C=O) groups is 1. The van der Waals surface area contributed by atoms with Gasteiger partial charge < -0.3 is 0 Å². The summed E-state index contributed by atoms with van der Waals surface area (Å²) in [6.45, 7) is 2.10. The van der Waals surface area contributed by atoms with E-state index >= 15 is 0 Å². The minimum atomic E-state index is 0.453. The topological polar surface area (TPSA) is 20.3 Å². The zero-order valence-electron chi connectivity index (χ0n) is 11.3. The summed E-state index contributed by atoms with van der Waals surface area (Å²) in [7, 11) is 0. The normalized spacial score (nSPS) is 25.2. The van der Waals surface area contributed by atoms with Crippen LogP contribution in [0.2, 0.25) is 0 Å². The summed E-state index contributed by atoms with van der Waals surface area (Å²) in [5.74, 6) is 0.453. The van der Waals surface area contributed by atoms with E-state index in [9.17, 15) is 4.79 Å². The third-order valence-electron chi connectivity index (χ3n) is 4.36. The van der Waals surface area contributed by atoms with E-state index in [2.05, 4.69) is 41.3 Å². The van der Waals surface area contributed by atoms with Crippen LogP contribution in [-0.4, -0.2) is 29.8 Å². The second-order valence-corrected chi connectivity index (χ2v) is 5.63. The molecule has 1 saturated carbocycles. The third kappa shape index (κ3) is 2.95. The average Bonchev–Trinajstić information content (AvgIpc) is 2.48. The number of Topliss-reactive ketones (excluding diaryl/α,β-unsaturated/α-hetero) is 1. The predicted octanol–water partition coefficient (Wildman–Crippen LogP) is 3.29. The van der Waals surface area contributed by atoms with Gasteiger partial charge in [0.25, 0.3) is 0 Å². The number of benzene rings is 1. The Kier molecular flexibility index (Phi) is 3.79. The van der Waals surface area contributed by atoms with Gasteiger partial charge in [-0.2, -0.15) is 0 Å². The Bertz CT molecular complexity index is 477. The van der Waals surface area contributed by atoms with Crippen molar-refractivity contribution >= 4 is 11.4 Å². The standard InChI is InChI=1S/C17H21NO/c19-17-8-4-7-16(13-17)18-11-9-15(10-12-18)14-5-2-1-3-6-14/h1-3,5-6,9,16H,4,7-8,10-13H2/t16-/m1/s1. The SMILES string of the molecule is O=C1CCC[C@@H](N2CC=C(c3ccccc3)CC2)C1. The van der Waals surface area contributed by atoms with Crippen molar-refractivity contribution in [3.63, 3.8) is 0 Å². The highest BCUT2D eigenvalue weighted by atomic mass is 16.1. The summed E-state index contributed by atoms with van der Waals surface area (Å²) < 4.78 is 0. The van der Waals surface area contributed by atoms with Gasteiger partial charge >= 0.3 is 0 Å². The van der Waals surface area contributed by atoms with Gasteiger partial charge in [-0.15, -0.1) is 0 Å². The Morgan fingerprint density at radius 1 is 1.11 bits per heavy atom. The van der Waals surface area contributed by atoms with E-state index in [0.29, 0.717) is 11.8 Å². The summed E-state index contributed by atoms with van der Waals surface area (Å²) >= 11 is 0. The molecule has 1 heterocycles. The fourth-order valence-corrected chi connectivity index (χ4v) is 3.24. The molecule has 1 aromatic carbocycles. The van der Waals surface area contributed by atoms with Crippen molar-refractivity contribution in [1.29, 1.82) is 0 Å². The van der Waals surface area contributed by atoms with Crippen LogP contribution < -0.4 is 0 Å². The fourth-order valence-electron chi connectivity index (χ4n) is 3.24. The quantitative estimate of drug-likeness (QED) is 0.808. The molecule has 1 aromatic rings. The second kappa shape index (κ2) is 5.70. The Hall–Kier alpha value is -1.41. The Balaban J connectivity index is 1.65. The lowest BCUT2D eigenvalue weighted by Crippen LogP contribution is -2.41. The molecule has 0 N–H and O–H groups in total. The molecule has 0 saturated heterocycles. The second-order valence-electron chi connectivity index (χ2n) is 5.63. The highest BCUT2D eigenvalue weighted by Crippen LogP contribution is 2.27. The molecule has 0 spiro atoms. The first-order chi connectivity index (χ1) is 9.33. The molecule has 0 bridgehead atoms. The lowest BCUT2D eigenvalue weighted by molar-refractivity contribution is -0.121. The lowest BCUT2D eigenvalue weighted by atomic mass is 9.91. The summed E-state index contributed by atoms with van der Waals surface area (Å²) in [6, 6.07) is 11.1. The smallest absolute Gasteiger partial charge is 0.134 e. The first kappa shape index (κ1) is 12.6. The molecule has 0 amide bonds. The largest absolute Gasteiger partial charge is 0.300 e. The van der Waals surface area contributed by atoms with Gasteiger partial charge in [-0.1, -0.05) is 36.4 Å². The van der Waals surface area contributed by atoms with Crippen LogP contribution in [0.3, 0.4) is 0 Å². The Morgan fingerprint density at radius 3 is 2.63 bits per heavy atom. The first-order valence-corrected chi connectivity index (χ1v) is 7.33. The van der Waals surface area contributed by atoms with Gasteiger partial charge in [-0.3, -0.25) is 9.69 Å². The summed E-state index contributed by atoms with van der Waals surface area (Å²) in [5.41, 5.74) is 2.81. The van der Waals surface area contributed by atoms with Crippen LogP contribution in [0.5, 0.6) is 0 Å². The van der Waals surface area contributed by atoms with Crippen molar-refractivity contribution in [1.82, 2.24) is 4.90 Å². The van der Waals surface area contributed by atoms with Gasteiger partial charge in [-0.25, -0.2) is 0 Å². The molecule has 2 heteroatoms. The van der Waals surface area contributed by atoms with E-state index in [1.54, 1.807) is 0 Å². The number of hydrogen-bond acceptors (Lipinski definition) is 2. The van der Waals surface area contributed by atoms with Crippen LogP contribution in [0.1, 0.15) is 37.7 Å². The van der Waals surface area contributed by atoms with E-state index in [-0.39, 0.29) is 0 Å². The molecule has 2 aliphatic rings. The van der Waals surface area contributed by atoms with Crippen molar-refractivity contribution in [3.05, 3.63) is 42.0 Å². The van der Waals surface area contributed by atoms with Crippen molar-refractivity contribution in [3.8, 4) is 0 Å². The molecule has 2 nitrogen and oxygen atoms in total. The van der Waals surface area contributed by atoms with Crippen LogP contribution in [-0.2, 0) is 4.79 Å². The van der Waals surface area contributed by atoms with Gasteiger partial charge in [0.1, 0.15) is 5.78 Å². The molecular formula is C17H21NO. The summed E-state index contributed by atoms with van der Waals surface area (Å²) in [4.78, 5) is 14.0. The van der Waals surface area contributed by atoms with E-state index in [1.165, 1.54) is 17.6 Å². The Labute approximate surface area is 115 Å². The molecule has 1 atom stereocenters. The molecule has 19 heavy (non-hydrogen) atoms. The molecule has 100 valence electrons. The van der Waals surface area contributed by atoms with Crippen LogP contribution in [0.15, 0.2) is 36.4 Å². The highest BCUT2D eigenvalue weighted by Gasteiger charge is 2.26. The zero-order valence-corrected chi connectivity index (χ0v) is 11.3. The number of carbonyl (C=O) groups excluding carboxylic acids is 1. The van der Waals surface area contributed by atoms with Crippen molar-refractivity contribution in [2.45, 2.75) is 38.1 Å². The number of nitrogens with zero attached hydrogens (tertiary/aromatic N) is 1. The predicted molar refractivity (Wildman–Crippen MR) is 77.9 cm³/mol. The van der Waals surface area contributed by atoms with Gasteiger partial charge in [0, 0.05) is 32.0 Å².